The predicted octanol–water partition coefficient (Wildman–Crippen LogP) is 2.07. The fourth-order valence-electron chi connectivity index (χ4n) is 0.215. The zero-order valence-corrected chi connectivity index (χ0v) is 6.03. The number of allylic oxidation sites excluding steroid dienone is 2. The van der Waals surface area contributed by atoms with Gasteiger partial charge in [0, 0.05) is 0 Å². The highest BCUT2D eigenvalue weighted by Crippen LogP contribution is 2.09. The van der Waals surface area contributed by atoms with E-state index in [2.05, 4.69) is 0 Å². The van der Waals surface area contributed by atoms with Crippen LogP contribution in [0.25, 0.3) is 0 Å². The van der Waals surface area contributed by atoms with E-state index in [1.807, 2.05) is 31.4 Å². The Kier molecular flexibility index (Phi) is 4.56. The number of hydrogen-bond acceptors (Lipinski definition) is 2. The van der Waals surface area contributed by atoms with E-state index in [-0.39, 0.29) is 0 Å². The lowest BCUT2D eigenvalue weighted by Crippen LogP contribution is -1.87. The van der Waals surface area contributed by atoms with Crippen molar-refractivity contribution in [3.05, 3.63) is 22.6 Å². The van der Waals surface area contributed by atoms with E-state index < -0.39 is 0 Å². The highest BCUT2D eigenvalue weighted by atomic mass is 32.2. The molecule has 0 aliphatic heterocycles. The Labute approximate surface area is 54.6 Å². The van der Waals surface area contributed by atoms with Crippen LogP contribution in [0, 0.1) is 0 Å². The molecule has 0 unspecified atom stereocenters. The molecule has 0 saturated carbocycles. The normalized spacial score (nSPS) is 13.0. The largest absolute Gasteiger partial charge is 0.394 e. The molecule has 2 N–H and O–H groups in total. The molecule has 0 atom stereocenters. The molecule has 0 fully saturated rings. The smallest absolute Gasteiger partial charge is 0.0654 e. The molecule has 0 rings (SSSR count). The van der Waals surface area contributed by atoms with Gasteiger partial charge >= 0.3 is 0 Å². The zero-order valence-electron chi connectivity index (χ0n) is 5.22. The van der Waals surface area contributed by atoms with E-state index in [9.17, 15) is 0 Å². The minimum absolute atomic E-state index is 0.850. The molecule has 0 spiro atoms. The van der Waals surface area contributed by atoms with Gasteiger partial charge in [0.2, 0.25) is 0 Å². The van der Waals surface area contributed by atoms with Crippen molar-refractivity contribution in [1.29, 1.82) is 0 Å². The van der Waals surface area contributed by atoms with Crippen molar-refractivity contribution < 1.29 is 0 Å². The average molecular weight is 129 g/mol. The summed E-state index contributed by atoms with van der Waals surface area (Å²) in [6.45, 7) is 3.89. The SMILES string of the molecule is C/C=C\S/C(N)=C/C. The quantitative estimate of drug-likeness (QED) is 0.617. The molecule has 0 aliphatic rings. The molecule has 0 radical (unpaired) electrons. The first-order valence-corrected chi connectivity index (χ1v) is 3.38. The van der Waals surface area contributed by atoms with Crippen LogP contribution >= 0.6 is 11.8 Å². The van der Waals surface area contributed by atoms with Crippen LogP contribution in [0.3, 0.4) is 0 Å². The van der Waals surface area contributed by atoms with E-state index >= 15 is 0 Å². The Bertz CT molecular complexity index is 105. The van der Waals surface area contributed by atoms with Crippen LogP contribution < -0.4 is 5.73 Å². The van der Waals surface area contributed by atoms with Crippen LogP contribution in [0.1, 0.15) is 13.8 Å². The van der Waals surface area contributed by atoms with Gasteiger partial charge in [0.15, 0.2) is 0 Å². The zero-order chi connectivity index (χ0) is 6.41. The van der Waals surface area contributed by atoms with Crippen LogP contribution in [0.5, 0.6) is 0 Å². The molecule has 0 aliphatic carbocycles. The van der Waals surface area contributed by atoms with Gasteiger partial charge in [0.25, 0.3) is 0 Å². The molecule has 46 valence electrons. The minimum Gasteiger partial charge on any atom is -0.394 e. The Hall–Kier alpha value is -0.370. The first-order valence-electron chi connectivity index (χ1n) is 2.51. The van der Waals surface area contributed by atoms with Gasteiger partial charge in [-0.15, -0.1) is 0 Å². The third-order valence-corrected chi connectivity index (χ3v) is 1.54. The number of hydrogen-bond donors (Lipinski definition) is 1. The van der Waals surface area contributed by atoms with Gasteiger partial charge in [-0.05, 0) is 19.3 Å². The Morgan fingerprint density at radius 2 is 2.12 bits per heavy atom. The topological polar surface area (TPSA) is 26.0 Å². The second-order valence-electron chi connectivity index (χ2n) is 1.28. The van der Waals surface area contributed by atoms with Crippen LogP contribution in [0.2, 0.25) is 0 Å². The Morgan fingerprint density at radius 3 is 2.50 bits per heavy atom. The summed E-state index contributed by atoms with van der Waals surface area (Å²) in [5.41, 5.74) is 5.43. The van der Waals surface area contributed by atoms with Crippen molar-refractivity contribution in [3.8, 4) is 0 Å². The standard InChI is InChI=1S/C6H11NS/c1-3-5-8-6(7)4-2/h3-5H,7H2,1-2H3/b5-3-,6-4+. The van der Waals surface area contributed by atoms with Crippen molar-refractivity contribution in [1.82, 2.24) is 0 Å². The molecule has 2 heteroatoms. The number of thioether (sulfide) groups is 1. The monoisotopic (exact) mass is 129 g/mol. The average Bonchev–Trinajstić information content (AvgIpc) is 1.83. The highest BCUT2D eigenvalue weighted by molar-refractivity contribution is 8.05. The summed E-state index contributed by atoms with van der Waals surface area (Å²) in [6.07, 6.45) is 3.84. The van der Waals surface area contributed by atoms with Crippen molar-refractivity contribution in [2.75, 3.05) is 0 Å². The molecule has 0 amide bonds. The summed E-state index contributed by atoms with van der Waals surface area (Å²) in [6, 6.07) is 0. The Balaban J connectivity index is 3.40. The minimum atomic E-state index is 0.850. The number of rotatable bonds is 2. The maximum Gasteiger partial charge on any atom is 0.0654 e. The van der Waals surface area contributed by atoms with E-state index in [1.165, 1.54) is 11.8 Å². The first-order chi connectivity index (χ1) is 3.81. The molecule has 8 heavy (non-hydrogen) atoms. The Morgan fingerprint density at radius 1 is 1.50 bits per heavy atom. The van der Waals surface area contributed by atoms with Crippen LogP contribution in [0.4, 0.5) is 0 Å². The summed E-state index contributed by atoms with van der Waals surface area (Å²) in [7, 11) is 0. The lowest BCUT2D eigenvalue weighted by atomic mass is 10.7. The first kappa shape index (κ1) is 7.63. The van der Waals surface area contributed by atoms with Crippen molar-refractivity contribution in [3.63, 3.8) is 0 Å². The molecular formula is C6H11NS. The summed E-state index contributed by atoms with van der Waals surface area (Å²) >= 11 is 1.53. The van der Waals surface area contributed by atoms with E-state index in [0.717, 1.165) is 5.03 Å². The van der Waals surface area contributed by atoms with Gasteiger partial charge in [0.1, 0.15) is 0 Å². The molecule has 0 aromatic rings. The maximum absolute atomic E-state index is 5.43. The van der Waals surface area contributed by atoms with Gasteiger partial charge in [-0.3, -0.25) is 0 Å². The third kappa shape index (κ3) is 3.81. The summed E-state index contributed by atoms with van der Waals surface area (Å²) in [5.74, 6) is 0. The van der Waals surface area contributed by atoms with Crippen molar-refractivity contribution in [2.45, 2.75) is 13.8 Å². The van der Waals surface area contributed by atoms with Crippen molar-refractivity contribution >= 4 is 11.8 Å². The molecule has 0 saturated heterocycles. The van der Waals surface area contributed by atoms with Crippen LogP contribution in [-0.4, -0.2) is 0 Å². The lowest BCUT2D eigenvalue weighted by molar-refractivity contribution is 1.51. The van der Waals surface area contributed by atoms with Gasteiger partial charge in [0.05, 0.1) is 5.03 Å². The fourth-order valence-corrected chi connectivity index (χ4v) is 0.644. The molecule has 1 nitrogen and oxygen atoms in total. The second-order valence-corrected chi connectivity index (χ2v) is 2.26. The van der Waals surface area contributed by atoms with E-state index in [1.54, 1.807) is 0 Å². The fraction of sp³-hybridized carbons (Fsp3) is 0.333. The van der Waals surface area contributed by atoms with Crippen molar-refractivity contribution in [2.24, 2.45) is 5.73 Å². The van der Waals surface area contributed by atoms with Gasteiger partial charge in [-0.1, -0.05) is 23.9 Å². The van der Waals surface area contributed by atoms with E-state index in [0.29, 0.717) is 0 Å². The highest BCUT2D eigenvalue weighted by Gasteiger charge is 1.78. The predicted molar refractivity (Wildman–Crippen MR) is 40.3 cm³/mol. The van der Waals surface area contributed by atoms with Gasteiger partial charge in [-0.2, -0.15) is 0 Å². The summed E-state index contributed by atoms with van der Waals surface area (Å²) < 4.78 is 0. The molecule has 0 aromatic heterocycles. The number of nitrogens with two attached hydrogens (primary N) is 1. The van der Waals surface area contributed by atoms with E-state index in [4.69, 9.17) is 5.73 Å². The summed E-state index contributed by atoms with van der Waals surface area (Å²) in [4.78, 5) is 0. The van der Waals surface area contributed by atoms with Gasteiger partial charge in [-0.25, -0.2) is 0 Å². The molecular weight excluding hydrogens is 118 g/mol. The maximum atomic E-state index is 5.43. The van der Waals surface area contributed by atoms with Crippen LogP contribution in [0.15, 0.2) is 22.6 Å². The molecule has 0 aromatic carbocycles. The lowest BCUT2D eigenvalue weighted by Gasteiger charge is -1.88. The molecule has 0 heterocycles. The van der Waals surface area contributed by atoms with Gasteiger partial charge < -0.3 is 5.73 Å². The second kappa shape index (κ2) is 4.78. The third-order valence-electron chi connectivity index (χ3n) is 0.625. The summed E-state index contributed by atoms with van der Waals surface area (Å²) in [5, 5.41) is 2.80. The molecule has 0 bridgehead atoms. The van der Waals surface area contributed by atoms with Crippen LogP contribution in [-0.2, 0) is 0 Å².